The summed E-state index contributed by atoms with van der Waals surface area (Å²) in [6.07, 6.45) is 3.41. The van der Waals surface area contributed by atoms with E-state index in [-0.39, 0.29) is 0 Å². The van der Waals surface area contributed by atoms with Crippen LogP contribution >= 0.6 is 23.2 Å². The van der Waals surface area contributed by atoms with Gasteiger partial charge in [-0.1, -0.05) is 58.2 Å². The summed E-state index contributed by atoms with van der Waals surface area (Å²) in [5.41, 5.74) is 5.05. The average molecular weight is 422 g/mol. The van der Waals surface area contributed by atoms with Crippen molar-refractivity contribution in [3.63, 3.8) is 0 Å². The topological polar surface area (TPSA) is 69.1 Å². The monoisotopic (exact) mass is 421 g/mol. The summed E-state index contributed by atoms with van der Waals surface area (Å²) in [4.78, 5) is 8.94. The Morgan fingerprint density at radius 3 is 2.59 bits per heavy atom. The van der Waals surface area contributed by atoms with Crippen molar-refractivity contribution in [2.45, 2.75) is 6.92 Å². The highest BCUT2D eigenvalue weighted by atomic mass is 35.5. The zero-order valence-corrected chi connectivity index (χ0v) is 16.7. The number of fused-ring (bicyclic) bond motifs is 1. The third-order valence-corrected chi connectivity index (χ3v) is 5.12. The molecule has 0 radical (unpaired) electrons. The molecule has 0 N–H and O–H groups in total. The second-order valence-corrected chi connectivity index (χ2v) is 7.38. The standard InChI is InChI=1S/C21H13Cl2N5O/c1-12-2-4-13(5-3-12)18-8-9-24-20-16(11-25-28(18)20)21-26-19(27-29-21)15-7-6-14(22)10-17(15)23/h2-11H,1H3. The van der Waals surface area contributed by atoms with E-state index in [0.717, 1.165) is 11.3 Å². The molecule has 0 aliphatic rings. The van der Waals surface area contributed by atoms with Crippen LogP contribution in [-0.4, -0.2) is 24.7 Å². The summed E-state index contributed by atoms with van der Waals surface area (Å²) < 4.78 is 7.24. The van der Waals surface area contributed by atoms with Crippen molar-refractivity contribution in [3.05, 3.63) is 76.5 Å². The van der Waals surface area contributed by atoms with Gasteiger partial charge in [-0.25, -0.2) is 9.50 Å². The number of nitrogens with zero attached hydrogens (tertiary/aromatic N) is 5. The molecule has 0 fully saturated rings. The summed E-state index contributed by atoms with van der Waals surface area (Å²) >= 11 is 12.2. The summed E-state index contributed by atoms with van der Waals surface area (Å²) in [6.45, 7) is 2.05. The van der Waals surface area contributed by atoms with Crippen molar-refractivity contribution in [2.75, 3.05) is 0 Å². The second kappa shape index (κ2) is 6.99. The minimum atomic E-state index is 0.314. The molecule has 0 saturated carbocycles. The molecule has 0 aliphatic heterocycles. The molecule has 0 spiro atoms. The van der Waals surface area contributed by atoms with E-state index in [1.807, 2.05) is 6.07 Å². The molecular formula is C21H13Cl2N5O. The van der Waals surface area contributed by atoms with Gasteiger partial charge in [0.15, 0.2) is 5.65 Å². The van der Waals surface area contributed by atoms with Crippen LogP contribution < -0.4 is 0 Å². The molecule has 0 atom stereocenters. The van der Waals surface area contributed by atoms with E-state index in [1.165, 1.54) is 5.56 Å². The van der Waals surface area contributed by atoms with Gasteiger partial charge in [-0.3, -0.25) is 0 Å². The van der Waals surface area contributed by atoms with Gasteiger partial charge in [0.1, 0.15) is 5.56 Å². The second-order valence-electron chi connectivity index (χ2n) is 6.54. The van der Waals surface area contributed by atoms with Crippen LogP contribution in [-0.2, 0) is 0 Å². The number of benzene rings is 2. The van der Waals surface area contributed by atoms with Crippen molar-refractivity contribution >= 4 is 28.8 Å². The molecule has 0 unspecified atom stereocenters. The molecule has 0 saturated heterocycles. The highest BCUT2D eigenvalue weighted by Gasteiger charge is 2.19. The molecule has 0 aliphatic carbocycles. The highest BCUT2D eigenvalue weighted by molar-refractivity contribution is 6.36. The van der Waals surface area contributed by atoms with Gasteiger partial charge in [-0.05, 0) is 31.2 Å². The number of hydrogen-bond acceptors (Lipinski definition) is 5. The molecule has 0 bridgehead atoms. The first kappa shape index (κ1) is 17.8. The smallest absolute Gasteiger partial charge is 0.263 e. The molecule has 5 rings (SSSR count). The lowest BCUT2D eigenvalue weighted by Gasteiger charge is -2.05. The fraction of sp³-hybridized carbons (Fsp3) is 0.0476. The maximum Gasteiger partial charge on any atom is 0.263 e. The number of halogens is 2. The van der Waals surface area contributed by atoms with Crippen molar-refractivity contribution in [3.8, 4) is 34.1 Å². The Hall–Kier alpha value is -3.22. The molecule has 0 amide bonds. The Morgan fingerprint density at radius 1 is 0.966 bits per heavy atom. The van der Waals surface area contributed by atoms with Crippen LogP contribution in [0.15, 0.2) is 65.4 Å². The van der Waals surface area contributed by atoms with E-state index < -0.39 is 0 Å². The average Bonchev–Trinajstić information content (AvgIpc) is 3.35. The van der Waals surface area contributed by atoms with Crippen LogP contribution in [0.4, 0.5) is 0 Å². The van der Waals surface area contributed by atoms with Gasteiger partial charge in [0.25, 0.3) is 5.89 Å². The summed E-state index contributed by atoms with van der Waals surface area (Å²) in [7, 11) is 0. The lowest BCUT2D eigenvalue weighted by atomic mass is 10.1. The van der Waals surface area contributed by atoms with E-state index in [9.17, 15) is 0 Å². The fourth-order valence-electron chi connectivity index (χ4n) is 3.10. The van der Waals surface area contributed by atoms with Gasteiger partial charge < -0.3 is 4.52 Å². The first-order valence-corrected chi connectivity index (χ1v) is 9.55. The number of aryl methyl sites for hydroxylation is 1. The van der Waals surface area contributed by atoms with Crippen molar-refractivity contribution in [1.82, 2.24) is 24.7 Å². The lowest BCUT2D eigenvalue weighted by molar-refractivity contribution is 0.432. The van der Waals surface area contributed by atoms with E-state index in [4.69, 9.17) is 27.7 Å². The molecule has 8 heteroatoms. The Bertz CT molecular complexity index is 1340. The number of hydrogen-bond donors (Lipinski definition) is 0. The Kier molecular flexibility index (Phi) is 4.30. The molecular weight excluding hydrogens is 409 g/mol. The number of rotatable bonds is 3. The molecule has 29 heavy (non-hydrogen) atoms. The minimum Gasteiger partial charge on any atom is -0.333 e. The van der Waals surface area contributed by atoms with Crippen molar-refractivity contribution < 1.29 is 4.52 Å². The van der Waals surface area contributed by atoms with Crippen LogP contribution in [0.5, 0.6) is 0 Å². The normalized spacial score (nSPS) is 11.3. The Labute approximate surface area is 175 Å². The van der Waals surface area contributed by atoms with Crippen molar-refractivity contribution in [1.29, 1.82) is 0 Å². The van der Waals surface area contributed by atoms with E-state index in [1.54, 1.807) is 35.1 Å². The van der Waals surface area contributed by atoms with Gasteiger partial charge in [-0.2, -0.15) is 10.1 Å². The van der Waals surface area contributed by atoms with Gasteiger partial charge in [0.2, 0.25) is 5.82 Å². The zero-order valence-electron chi connectivity index (χ0n) is 15.2. The molecule has 3 aromatic heterocycles. The zero-order chi connectivity index (χ0) is 20.0. The molecule has 142 valence electrons. The van der Waals surface area contributed by atoms with Gasteiger partial charge >= 0.3 is 0 Å². The van der Waals surface area contributed by atoms with E-state index in [2.05, 4.69) is 51.4 Å². The van der Waals surface area contributed by atoms with Gasteiger partial charge in [0.05, 0.1) is 16.9 Å². The third-order valence-electron chi connectivity index (χ3n) is 4.58. The van der Waals surface area contributed by atoms with E-state index >= 15 is 0 Å². The number of aromatic nitrogens is 5. The van der Waals surface area contributed by atoms with Gasteiger partial charge in [0, 0.05) is 22.3 Å². The van der Waals surface area contributed by atoms with Crippen LogP contribution in [0.25, 0.3) is 39.7 Å². The molecule has 6 nitrogen and oxygen atoms in total. The minimum absolute atomic E-state index is 0.314. The first-order valence-electron chi connectivity index (χ1n) is 8.79. The third kappa shape index (κ3) is 3.16. The van der Waals surface area contributed by atoms with E-state index in [0.29, 0.717) is 38.5 Å². The predicted molar refractivity (Wildman–Crippen MR) is 112 cm³/mol. The Morgan fingerprint density at radius 2 is 1.79 bits per heavy atom. The van der Waals surface area contributed by atoms with Crippen molar-refractivity contribution in [2.24, 2.45) is 0 Å². The maximum atomic E-state index is 6.26. The predicted octanol–water partition coefficient (Wildman–Crippen LogP) is 5.73. The van der Waals surface area contributed by atoms with Gasteiger partial charge in [-0.15, -0.1) is 0 Å². The van der Waals surface area contributed by atoms with Crippen LogP contribution in [0.3, 0.4) is 0 Å². The van der Waals surface area contributed by atoms with Crippen LogP contribution in [0, 0.1) is 6.92 Å². The largest absolute Gasteiger partial charge is 0.333 e. The summed E-state index contributed by atoms with van der Waals surface area (Å²) in [6, 6.07) is 15.3. The van der Waals surface area contributed by atoms with Crippen LogP contribution in [0.1, 0.15) is 5.56 Å². The fourth-order valence-corrected chi connectivity index (χ4v) is 3.59. The molecule has 3 heterocycles. The molecule has 5 aromatic rings. The van der Waals surface area contributed by atoms with Crippen LogP contribution in [0.2, 0.25) is 10.0 Å². The quantitative estimate of drug-likeness (QED) is 0.372. The highest BCUT2D eigenvalue weighted by Crippen LogP contribution is 2.31. The summed E-state index contributed by atoms with van der Waals surface area (Å²) in [5.74, 6) is 0.685. The SMILES string of the molecule is Cc1ccc(-c2ccnc3c(-c4nc(-c5ccc(Cl)cc5Cl)no4)cnn23)cc1. The summed E-state index contributed by atoms with van der Waals surface area (Å²) in [5, 5.41) is 9.53. The maximum absolute atomic E-state index is 6.26. The molecule has 2 aromatic carbocycles. The lowest BCUT2D eigenvalue weighted by Crippen LogP contribution is -1.95. The first-order chi connectivity index (χ1) is 14.1. The Balaban J connectivity index is 1.59.